The van der Waals surface area contributed by atoms with Gasteiger partial charge in [0, 0.05) is 145 Å². The zero-order valence-electron chi connectivity index (χ0n) is 33.6. The van der Waals surface area contributed by atoms with Gasteiger partial charge in [-0.1, -0.05) is 0 Å². The minimum atomic E-state index is -3.68. The fourth-order valence-electron chi connectivity index (χ4n) is 6.14. The topological polar surface area (TPSA) is 249 Å². The van der Waals surface area contributed by atoms with E-state index >= 15 is 0 Å². The smallest absolute Gasteiger partial charge is 0.268 e. The zero-order chi connectivity index (χ0) is 43.4. The van der Waals surface area contributed by atoms with Crippen LogP contribution in [0.5, 0.6) is 0 Å². The molecule has 0 aliphatic carbocycles. The molecule has 0 fully saturated rings. The van der Waals surface area contributed by atoms with Gasteiger partial charge in [0.15, 0.2) is 0 Å². The lowest BCUT2D eigenvalue weighted by atomic mass is 10.4. The summed E-state index contributed by atoms with van der Waals surface area (Å²) in [6.07, 6.45) is 27.3. The van der Waals surface area contributed by atoms with Crippen molar-refractivity contribution in [3.63, 3.8) is 0 Å². The highest BCUT2D eigenvalue weighted by molar-refractivity contribution is 7.90. The van der Waals surface area contributed by atoms with E-state index in [0.717, 1.165) is 0 Å². The number of hydrogen-bond acceptors (Lipinski definition) is 20. The van der Waals surface area contributed by atoms with Crippen LogP contribution in [0.15, 0.2) is 214 Å². The Bertz CT molecular complexity index is 2370. The van der Waals surface area contributed by atoms with E-state index in [2.05, 4.69) is 80.6 Å². The van der Waals surface area contributed by atoms with Crippen molar-refractivity contribution in [2.45, 2.75) is 0 Å². The van der Waals surface area contributed by atoms with Gasteiger partial charge < -0.3 is 40.7 Å². The zero-order valence-corrected chi connectivity index (χ0v) is 37.2. The average Bonchev–Trinajstić information content (AvgIpc) is 3.31. The molecule has 0 saturated heterocycles. The molecule has 0 amide bonds. The quantitative estimate of drug-likeness (QED) is 0.0420. The Morgan fingerprint density at radius 2 is 0.297 bits per heavy atom. The van der Waals surface area contributed by atoms with E-state index in [1.165, 1.54) is 0 Å². The first-order chi connectivity index (χ1) is 31.5. The monoisotopic (exact) mass is 924 g/mol. The molecule has 0 radical (unpaired) electrons. The predicted octanol–water partition coefficient (Wildman–Crippen LogP) is 11.8. The van der Waals surface area contributed by atoms with Gasteiger partial charge in [-0.2, -0.15) is 18.1 Å². The maximum atomic E-state index is 5.99. The summed E-state index contributed by atoms with van der Waals surface area (Å²) in [7, 11) is -14.7. The number of rotatable bonds is 16. The molecule has 0 saturated carbocycles. The highest BCUT2D eigenvalue weighted by Gasteiger charge is 2.40. The highest BCUT2D eigenvalue weighted by atomic mass is 31.3. The third kappa shape index (κ3) is 10.8. The molecule has 9 heterocycles. The van der Waals surface area contributed by atoms with Crippen molar-refractivity contribution in [2.75, 3.05) is 40.7 Å². The Labute approximate surface area is 369 Å². The summed E-state index contributed by atoms with van der Waals surface area (Å²) in [4.78, 5) is 34.6. The van der Waals surface area contributed by atoms with E-state index in [1.54, 1.807) is 99.1 Å². The maximum Gasteiger partial charge on any atom is 0.268 e. The first-order valence-corrected chi connectivity index (χ1v) is 26.2. The van der Waals surface area contributed by atoms with Crippen molar-refractivity contribution >= 4 is 75.5 Å². The van der Waals surface area contributed by atoms with Gasteiger partial charge in [0.05, 0.1) is 0 Å². The van der Waals surface area contributed by atoms with Crippen LogP contribution in [0.1, 0.15) is 0 Å². The first kappa shape index (κ1) is 41.9. The van der Waals surface area contributed by atoms with Crippen LogP contribution in [0, 0.1) is 0 Å². The second-order valence-electron chi connectivity index (χ2n) is 13.5. The van der Waals surface area contributed by atoms with Crippen molar-refractivity contribution < 1.29 is 0 Å². The third-order valence-corrected chi connectivity index (χ3v) is 21.6. The molecule has 320 valence electrons. The number of nitrogens with one attached hydrogen (secondary N) is 8. The molecule has 8 aromatic heterocycles. The van der Waals surface area contributed by atoms with Gasteiger partial charge in [-0.3, -0.25) is 39.9 Å². The van der Waals surface area contributed by atoms with Crippen molar-refractivity contribution in [3.8, 4) is 0 Å². The van der Waals surface area contributed by atoms with Crippen molar-refractivity contribution in [2.24, 2.45) is 18.1 Å². The molecule has 8 N–H and O–H groups in total. The van der Waals surface area contributed by atoms with Gasteiger partial charge in [-0.25, -0.2) is 0 Å². The molecule has 1 aliphatic heterocycles. The van der Waals surface area contributed by atoms with Crippen LogP contribution < -0.4 is 40.7 Å². The van der Waals surface area contributed by atoms with Gasteiger partial charge in [0.25, 0.3) is 30.0 Å². The highest BCUT2D eigenvalue weighted by Crippen LogP contribution is 2.77. The Morgan fingerprint density at radius 1 is 0.188 bits per heavy atom. The maximum absolute atomic E-state index is 5.99. The second kappa shape index (κ2) is 19.3. The minimum Gasteiger partial charge on any atom is -0.318 e. The van der Waals surface area contributed by atoms with E-state index in [1.807, 2.05) is 97.1 Å². The lowest BCUT2D eigenvalue weighted by Crippen LogP contribution is -2.16. The normalized spacial score (nSPS) is 15.2. The number of aromatic nitrogens is 8. The summed E-state index contributed by atoms with van der Waals surface area (Å²) < 4.78 is 23.9. The fraction of sp³-hybridized carbons (Fsp3) is 0. The van der Waals surface area contributed by atoms with Crippen LogP contribution in [-0.4, -0.2) is 39.9 Å². The van der Waals surface area contributed by atoms with Crippen molar-refractivity contribution in [1.82, 2.24) is 39.9 Å². The summed E-state index contributed by atoms with van der Waals surface area (Å²) >= 11 is 0. The van der Waals surface area contributed by atoms with Crippen molar-refractivity contribution in [1.29, 1.82) is 0 Å². The summed E-state index contributed by atoms with van der Waals surface area (Å²) in [5.74, 6) is 0. The minimum absolute atomic E-state index is 0.681. The van der Waals surface area contributed by atoms with Crippen LogP contribution in [-0.2, 0) is 0 Å². The Balaban J connectivity index is 1.48. The summed E-state index contributed by atoms with van der Waals surface area (Å²) in [6, 6.07) is 29.8. The summed E-state index contributed by atoms with van der Waals surface area (Å²) in [6.45, 7) is 0. The fourth-order valence-corrected chi connectivity index (χ4v) is 21.2. The Hall–Kier alpha value is -7.48. The molecule has 8 aromatic rings. The number of hydrogen-bond donors (Lipinski definition) is 8. The van der Waals surface area contributed by atoms with Gasteiger partial charge in [0.2, 0.25) is 0 Å². The molecule has 0 aromatic carbocycles. The van der Waals surface area contributed by atoms with E-state index in [-0.39, 0.29) is 0 Å². The number of anilines is 8. The molecule has 0 atom stereocenters. The third-order valence-electron chi connectivity index (χ3n) is 8.76. The predicted molar refractivity (Wildman–Crippen MR) is 260 cm³/mol. The van der Waals surface area contributed by atoms with Gasteiger partial charge in [0.1, 0.15) is 0 Å². The lowest BCUT2D eigenvalue weighted by molar-refractivity contribution is 1.32. The molecule has 0 bridgehead atoms. The van der Waals surface area contributed by atoms with Crippen LogP contribution >= 0.6 is 30.0 Å². The van der Waals surface area contributed by atoms with Crippen molar-refractivity contribution in [3.05, 3.63) is 196 Å². The molecule has 20 nitrogen and oxygen atoms in total. The van der Waals surface area contributed by atoms with Gasteiger partial charge in [-0.05, 0) is 97.1 Å². The Kier molecular flexibility index (Phi) is 12.6. The standard InChI is InChI=1S/C40H40N20P4/c1-17-41-18-2-33(1)49-61(50-34-3-19-42-20-4-34)57-62(51-35-5-21-43-22-6-35,52-36-7-23-44-24-8-36)59-64(55-39-13-29-47-30-14-39,56-40-15-31-48-32-16-40)60-63(58-61,53-37-9-25-45-26-10-37)54-38-11-27-46-28-12-38/h1-32H,(H,41,49)(H,42,50)(H,43,51)(H,44,52)(H,45,53)(H,46,54)(H,47,55)(H,48,56). The molecule has 0 unspecified atom stereocenters. The molecule has 1 aliphatic rings. The number of pyridine rings is 8. The molecule has 64 heavy (non-hydrogen) atoms. The molecular weight excluding hydrogens is 884 g/mol. The van der Waals surface area contributed by atoms with E-state index in [4.69, 9.17) is 18.1 Å². The van der Waals surface area contributed by atoms with Crippen LogP contribution in [0.3, 0.4) is 0 Å². The van der Waals surface area contributed by atoms with E-state index < -0.39 is 30.0 Å². The first-order valence-electron chi connectivity index (χ1n) is 19.5. The van der Waals surface area contributed by atoms with E-state index in [0.29, 0.717) is 45.5 Å². The van der Waals surface area contributed by atoms with Crippen LogP contribution in [0.4, 0.5) is 45.5 Å². The van der Waals surface area contributed by atoms with Crippen LogP contribution in [0.2, 0.25) is 0 Å². The second-order valence-corrected chi connectivity index (χ2v) is 23.0. The Morgan fingerprint density at radius 3 is 0.406 bits per heavy atom. The SMILES string of the molecule is c1cc(NP2(Nc3ccncc3)=NP(Nc3ccncc3)(Nc3ccncc3)=NP(Nc3ccncc3)(Nc3ccncc3)=NP(Nc3ccncc3)(Nc3ccncc3)=N2)ccn1. The summed E-state index contributed by atoms with van der Waals surface area (Å²) in [5.41, 5.74) is 5.45. The lowest BCUT2D eigenvalue weighted by Gasteiger charge is -2.38. The molecule has 24 heteroatoms. The van der Waals surface area contributed by atoms with Gasteiger partial charge in [-0.15, -0.1) is 0 Å². The summed E-state index contributed by atoms with van der Waals surface area (Å²) in [5, 5.41) is 30.2. The van der Waals surface area contributed by atoms with Crippen LogP contribution in [0.25, 0.3) is 0 Å². The molecular formula is C40H40N20P4. The largest absolute Gasteiger partial charge is 0.318 e. The molecule has 9 rings (SSSR count). The van der Waals surface area contributed by atoms with Gasteiger partial charge >= 0.3 is 0 Å². The molecule has 0 spiro atoms. The number of nitrogens with zero attached hydrogens (tertiary/aromatic N) is 12. The average molecular weight is 925 g/mol. The van der Waals surface area contributed by atoms with E-state index in [9.17, 15) is 0 Å².